The van der Waals surface area contributed by atoms with E-state index in [2.05, 4.69) is 10.0 Å². The molecule has 37 heavy (non-hydrogen) atoms. The average Bonchev–Trinajstić information content (AvgIpc) is 3.18. The molecule has 0 spiro atoms. The van der Waals surface area contributed by atoms with Gasteiger partial charge in [0, 0.05) is 17.1 Å². The van der Waals surface area contributed by atoms with E-state index < -0.39 is 27.4 Å². The molecule has 0 bridgehead atoms. The monoisotopic (exact) mass is 567 g/mol. The topological polar surface area (TPSA) is 125 Å². The Labute approximate surface area is 227 Å². The molecule has 0 saturated heterocycles. The third-order valence-electron chi connectivity index (χ3n) is 6.86. The van der Waals surface area contributed by atoms with Gasteiger partial charge in [-0.1, -0.05) is 49.8 Å². The minimum absolute atomic E-state index is 0.0745. The Morgan fingerprint density at radius 2 is 1.84 bits per heavy atom. The van der Waals surface area contributed by atoms with Gasteiger partial charge in [-0.3, -0.25) is 9.59 Å². The van der Waals surface area contributed by atoms with Crippen LogP contribution in [0.25, 0.3) is 10.4 Å². The number of aliphatic carboxylic acids is 1. The van der Waals surface area contributed by atoms with Crippen molar-refractivity contribution in [3.05, 3.63) is 33.9 Å². The van der Waals surface area contributed by atoms with Gasteiger partial charge >= 0.3 is 5.97 Å². The highest BCUT2D eigenvalue weighted by molar-refractivity contribution is 7.89. The zero-order valence-electron chi connectivity index (χ0n) is 21.3. The maximum Gasteiger partial charge on any atom is 0.306 e. The van der Waals surface area contributed by atoms with E-state index in [4.69, 9.17) is 21.7 Å². The molecule has 8 nitrogen and oxygen atoms in total. The van der Waals surface area contributed by atoms with Crippen molar-refractivity contribution in [1.29, 1.82) is 0 Å². The first-order valence-corrected chi connectivity index (χ1v) is 15.4. The van der Waals surface area contributed by atoms with Gasteiger partial charge in [0.2, 0.25) is 10.0 Å². The van der Waals surface area contributed by atoms with Gasteiger partial charge in [-0.05, 0) is 58.1 Å². The zero-order chi connectivity index (χ0) is 27.0. The maximum atomic E-state index is 13.0. The molecule has 2 saturated carbocycles. The Morgan fingerprint density at radius 1 is 1.16 bits per heavy atom. The molecule has 4 rings (SSSR count). The molecular formula is C26H34ClN3O5S2. The highest BCUT2D eigenvalue weighted by Crippen LogP contribution is 2.39. The minimum Gasteiger partial charge on any atom is -0.481 e. The van der Waals surface area contributed by atoms with E-state index in [0.29, 0.717) is 29.3 Å². The summed E-state index contributed by atoms with van der Waals surface area (Å²) < 4.78 is 28.2. The van der Waals surface area contributed by atoms with Crippen LogP contribution in [0.3, 0.4) is 0 Å². The molecule has 2 fully saturated rings. The van der Waals surface area contributed by atoms with Crippen LogP contribution in [0.2, 0.25) is 5.02 Å². The van der Waals surface area contributed by atoms with E-state index in [9.17, 15) is 18.0 Å². The molecule has 2 aliphatic carbocycles. The van der Waals surface area contributed by atoms with Crippen molar-refractivity contribution in [3.63, 3.8) is 0 Å². The van der Waals surface area contributed by atoms with Crippen molar-refractivity contribution >= 4 is 44.8 Å². The smallest absolute Gasteiger partial charge is 0.306 e. The Morgan fingerprint density at radius 3 is 2.43 bits per heavy atom. The lowest BCUT2D eigenvalue weighted by Crippen LogP contribution is -2.46. The van der Waals surface area contributed by atoms with Crippen LogP contribution in [0.15, 0.2) is 23.1 Å². The molecule has 0 atom stereocenters. The third-order valence-corrected chi connectivity index (χ3v) is 10.1. The number of hydrogen-bond donors (Lipinski definition) is 3. The van der Waals surface area contributed by atoms with Crippen LogP contribution < -0.4 is 10.0 Å². The summed E-state index contributed by atoms with van der Waals surface area (Å²) in [6.45, 7) is 5.31. The number of carbonyl (C=O) groups excluding carboxylic acids is 1. The van der Waals surface area contributed by atoms with E-state index in [1.807, 2.05) is 0 Å². The van der Waals surface area contributed by atoms with Crippen LogP contribution in [0.5, 0.6) is 0 Å². The molecule has 0 aliphatic heterocycles. The SMILES string of the molecule is CC(C)(C)NS(=O)(=O)c1ccc(-c2sc(C(=O)N[C@H]3C[C@H](C(=O)O)C3)nc2CC2CCCCC2)c(Cl)c1. The molecule has 0 unspecified atom stereocenters. The number of rotatable bonds is 8. The van der Waals surface area contributed by atoms with Gasteiger partial charge in [-0.25, -0.2) is 18.1 Å². The fraction of sp³-hybridized carbons (Fsp3) is 0.577. The molecular weight excluding hydrogens is 534 g/mol. The average molecular weight is 568 g/mol. The van der Waals surface area contributed by atoms with Crippen molar-refractivity contribution in [1.82, 2.24) is 15.0 Å². The predicted octanol–water partition coefficient (Wildman–Crippen LogP) is 5.26. The predicted molar refractivity (Wildman–Crippen MR) is 145 cm³/mol. The summed E-state index contributed by atoms with van der Waals surface area (Å²) in [7, 11) is -3.75. The summed E-state index contributed by atoms with van der Waals surface area (Å²) in [5.74, 6) is -1.10. The highest BCUT2D eigenvalue weighted by Gasteiger charge is 2.36. The number of sulfonamides is 1. The van der Waals surface area contributed by atoms with Gasteiger partial charge in [-0.2, -0.15) is 0 Å². The number of carbonyl (C=O) groups is 2. The van der Waals surface area contributed by atoms with E-state index in [1.165, 1.54) is 42.7 Å². The van der Waals surface area contributed by atoms with Crippen LogP contribution in [0.1, 0.15) is 81.2 Å². The number of carboxylic acids is 1. The molecule has 11 heteroatoms. The first kappa shape index (κ1) is 28.0. The lowest BCUT2D eigenvalue weighted by atomic mass is 9.80. The molecule has 1 aromatic carbocycles. The summed E-state index contributed by atoms with van der Waals surface area (Å²) in [6, 6.07) is 4.48. The molecule has 1 amide bonds. The maximum absolute atomic E-state index is 13.0. The Balaban J connectivity index is 1.61. The Kier molecular flexibility index (Phi) is 8.33. The molecule has 3 N–H and O–H groups in total. The van der Waals surface area contributed by atoms with E-state index in [-0.39, 0.29) is 21.9 Å². The summed E-state index contributed by atoms with van der Waals surface area (Å²) >= 11 is 7.88. The normalized spacial score (nSPS) is 20.9. The van der Waals surface area contributed by atoms with Crippen LogP contribution in [-0.4, -0.2) is 42.0 Å². The number of halogens is 1. The highest BCUT2D eigenvalue weighted by atomic mass is 35.5. The largest absolute Gasteiger partial charge is 0.481 e. The fourth-order valence-corrected chi connectivity index (χ4v) is 7.83. The van der Waals surface area contributed by atoms with Gasteiger partial charge < -0.3 is 10.4 Å². The second kappa shape index (κ2) is 11.0. The number of amides is 1. The van der Waals surface area contributed by atoms with Gasteiger partial charge in [0.25, 0.3) is 5.91 Å². The van der Waals surface area contributed by atoms with Crippen molar-refractivity contribution < 1.29 is 23.1 Å². The molecule has 202 valence electrons. The first-order chi connectivity index (χ1) is 17.3. The van der Waals surface area contributed by atoms with Gasteiger partial charge in [0.15, 0.2) is 5.01 Å². The number of benzene rings is 1. The summed E-state index contributed by atoms with van der Waals surface area (Å²) in [6.07, 6.45) is 7.37. The van der Waals surface area contributed by atoms with Gasteiger partial charge in [-0.15, -0.1) is 11.3 Å². The van der Waals surface area contributed by atoms with Crippen molar-refractivity contribution in [2.45, 2.75) is 88.6 Å². The second-order valence-corrected chi connectivity index (χ2v) is 14.3. The van der Waals surface area contributed by atoms with Crippen LogP contribution in [-0.2, 0) is 21.2 Å². The quantitative estimate of drug-likeness (QED) is 0.400. The van der Waals surface area contributed by atoms with E-state index >= 15 is 0 Å². The van der Waals surface area contributed by atoms with E-state index in [0.717, 1.165) is 29.8 Å². The number of nitrogens with zero attached hydrogens (tertiary/aromatic N) is 1. The molecule has 2 aliphatic rings. The zero-order valence-corrected chi connectivity index (χ0v) is 23.7. The summed E-state index contributed by atoms with van der Waals surface area (Å²) in [5.41, 5.74) is 0.805. The molecule has 2 aromatic rings. The van der Waals surface area contributed by atoms with Crippen molar-refractivity contribution in [3.8, 4) is 10.4 Å². The number of aromatic nitrogens is 1. The number of thiazole rings is 1. The van der Waals surface area contributed by atoms with Crippen LogP contribution in [0.4, 0.5) is 0 Å². The fourth-order valence-electron chi connectivity index (χ4n) is 4.96. The number of carboxylic acid groups (broad SMARTS) is 1. The lowest BCUT2D eigenvalue weighted by Gasteiger charge is -2.32. The van der Waals surface area contributed by atoms with Crippen molar-refractivity contribution in [2.75, 3.05) is 0 Å². The van der Waals surface area contributed by atoms with Gasteiger partial charge in [0.05, 0.1) is 26.4 Å². The summed E-state index contributed by atoms with van der Waals surface area (Å²) in [4.78, 5) is 29.6. The molecule has 0 radical (unpaired) electrons. The second-order valence-electron chi connectivity index (χ2n) is 11.2. The Bertz CT molecular complexity index is 1270. The summed E-state index contributed by atoms with van der Waals surface area (Å²) in [5, 5.41) is 12.6. The lowest BCUT2D eigenvalue weighted by molar-refractivity contribution is -0.145. The van der Waals surface area contributed by atoms with E-state index in [1.54, 1.807) is 26.8 Å². The molecule has 1 aromatic heterocycles. The molecule has 1 heterocycles. The first-order valence-electron chi connectivity index (χ1n) is 12.7. The van der Waals surface area contributed by atoms with Crippen molar-refractivity contribution in [2.24, 2.45) is 11.8 Å². The number of nitrogens with one attached hydrogen (secondary N) is 2. The minimum atomic E-state index is -3.75. The standard InChI is InChI=1S/C26H34ClN3O5S2/c1-26(2,3)30-37(34,35)18-9-10-19(20(27)14-18)22-21(11-15-7-5-4-6-8-15)29-24(36-22)23(31)28-17-12-16(13-17)25(32)33/h9-10,14-17,30H,4-8,11-13H2,1-3H3,(H,28,31)(H,32,33)/t16-,17-. The third kappa shape index (κ3) is 6.90. The Hall–Kier alpha value is -2.01. The van der Waals surface area contributed by atoms with Crippen LogP contribution in [0, 0.1) is 11.8 Å². The number of hydrogen-bond acceptors (Lipinski definition) is 6. The van der Waals surface area contributed by atoms with Gasteiger partial charge in [0.1, 0.15) is 0 Å². The van der Waals surface area contributed by atoms with Crippen LogP contribution >= 0.6 is 22.9 Å².